The van der Waals surface area contributed by atoms with Gasteiger partial charge in [0.2, 0.25) is 0 Å². The minimum absolute atomic E-state index is 0.00360. The van der Waals surface area contributed by atoms with Crippen molar-refractivity contribution < 1.29 is 23.8 Å². The quantitative estimate of drug-likeness (QED) is 0.695. The molecule has 0 amide bonds. The van der Waals surface area contributed by atoms with Crippen molar-refractivity contribution in [3.05, 3.63) is 35.4 Å². The Balaban J connectivity index is 1.30. The number of nitrogens with zero attached hydrogens (tertiary/aromatic N) is 2. The Morgan fingerprint density at radius 3 is 2.66 bits per heavy atom. The van der Waals surface area contributed by atoms with Crippen molar-refractivity contribution in [2.24, 2.45) is 5.41 Å². The summed E-state index contributed by atoms with van der Waals surface area (Å²) in [6, 6.07) is 7.57. The number of ether oxygens (including phenoxy) is 3. The number of hydrogen-bond donors (Lipinski definition) is 0. The summed E-state index contributed by atoms with van der Waals surface area (Å²) in [5.41, 5.74) is 1.34. The van der Waals surface area contributed by atoms with E-state index in [0.717, 1.165) is 77.3 Å². The third-order valence-electron chi connectivity index (χ3n) is 6.46. The van der Waals surface area contributed by atoms with Gasteiger partial charge in [-0.15, -0.1) is 0 Å². The molecule has 1 aromatic rings. The SMILES string of the molecule is COC(=O)c1cccc(CN2CCC3(CC2)CC(CN2CCOCC2)OC3=O)c1. The lowest BCUT2D eigenvalue weighted by molar-refractivity contribution is -0.151. The molecule has 0 saturated carbocycles. The van der Waals surface area contributed by atoms with E-state index in [0.29, 0.717) is 5.56 Å². The maximum absolute atomic E-state index is 12.7. The van der Waals surface area contributed by atoms with E-state index < -0.39 is 0 Å². The van der Waals surface area contributed by atoms with Crippen molar-refractivity contribution >= 4 is 11.9 Å². The molecule has 0 N–H and O–H groups in total. The predicted octanol–water partition coefficient (Wildman–Crippen LogP) is 1.70. The Hall–Kier alpha value is -1.96. The number of cyclic esters (lactones) is 1. The van der Waals surface area contributed by atoms with Gasteiger partial charge in [-0.05, 0) is 43.6 Å². The van der Waals surface area contributed by atoms with Crippen molar-refractivity contribution in [2.75, 3.05) is 53.0 Å². The van der Waals surface area contributed by atoms with Gasteiger partial charge >= 0.3 is 11.9 Å². The van der Waals surface area contributed by atoms with Crippen molar-refractivity contribution in [1.82, 2.24) is 9.80 Å². The molecule has 3 aliphatic heterocycles. The second kappa shape index (κ2) is 8.81. The highest BCUT2D eigenvalue weighted by atomic mass is 16.6. The van der Waals surface area contributed by atoms with Crippen LogP contribution in [-0.2, 0) is 25.5 Å². The number of methoxy groups -OCH3 is 1. The topological polar surface area (TPSA) is 68.3 Å². The summed E-state index contributed by atoms with van der Waals surface area (Å²) in [5.74, 6) is -0.326. The number of benzene rings is 1. The highest BCUT2D eigenvalue weighted by Crippen LogP contribution is 2.43. The normalized spacial score (nSPS) is 25.1. The number of likely N-dealkylation sites (tertiary alicyclic amines) is 1. The van der Waals surface area contributed by atoms with Crippen LogP contribution in [0, 0.1) is 5.41 Å². The molecule has 7 heteroatoms. The van der Waals surface area contributed by atoms with Gasteiger partial charge in [-0.1, -0.05) is 12.1 Å². The molecule has 0 radical (unpaired) electrons. The highest BCUT2D eigenvalue weighted by Gasteiger charge is 2.50. The highest BCUT2D eigenvalue weighted by molar-refractivity contribution is 5.89. The van der Waals surface area contributed by atoms with Gasteiger partial charge in [0.1, 0.15) is 6.10 Å². The summed E-state index contributed by atoms with van der Waals surface area (Å²) in [5, 5.41) is 0. The Morgan fingerprint density at radius 1 is 1.17 bits per heavy atom. The molecule has 0 bridgehead atoms. The molecule has 0 aliphatic carbocycles. The smallest absolute Gasteiger partial charge is 0.337 e. The number of rotatable bonds is 5. The van der Waals surface area contributed by atoms with Crippen LogP contribution in [0.5, 0.6) is 0 Å². The maximum atomic E-state index is 12.7. The lowest BCUT2D eigenvalue weighted by Gasteiger charge is -2.36. The van der Waals surface area contributed by atoms with E-state index in [-0.39, 0.29) is 23.5 Å². The molecule has 158 valence electrons. The minimum Gasteiger partial charge on any atom is -0.465 e. The van der Waals surface area contributed by atoms with Gasteiger partial charge in [0.05, 0.1) is 31.3 Å². The molecule has 4 rings (SSSR count). The second-order valence-corrected chi connectivity index (χ2v) is 8.39. The first kappa shape index (κ1) is 20.3. The summed E-state index contributed by atoms with van der Waals surface area (Å²) in [4.78, 5) is 29.1. The van der Waals surface area contributed by atoms with Crippen molar-refractivity contribution in [3.8, 4) is 0 Å². The van der Waals surface area contributed by atoms with E-state index >= 15 is 0 Å². The molecule has 7 nitrogen and oxygen atoms in total. The van der Waals surface area contributed by atoms with Gasteiger partial charge in [-0.3, -0.25) is 14.6 Å². The number of piperidine rings is 1. The largest absolute Gasteiger partial charge is 0.465 e. The Kier molecular flexibility index (Phi) is 6.18. The van der Waals surface area contributed by atoms with E-state index in [2.05, 4.69) is 9.80 Å². The molecular formula is C22H30N2O5. The third-order valence-corrected chi connectivity index (χ3v) is 6.46. The zero-order valence-electron chi connectivity index (χ0n) is 17.1. The van der Waals surface area contributed by atoms with Crippen molar-refractivity contribution in [2.45, 2.75) is 31.9 Å². The first-order valence-electron chi connectivity index (χ1n) is 10.5. The molecule has 3 fully saturated rings. The molecule has 1 spiro atoms. The zero-order valence-corrected chi connectivity index (χ0v) is 17.1. The van der Waals surface area contributed by atoms with E-state index in [1.165, 1.54) is 7.11 Å². The van der Waals surface area contributed by atoms with Crippen LogP contribution in [0.25, 0.3) is 0 Å². The van der Waals surface area contributed by atoms with Gasteiger partial charge in [-0.2, -0.15) is 0 Å². The van der Waals surface area contributed by atoms with Crippen LogP contribution in [0.4, 0.5) is 0 Å². The molecule has 3 heterocycles. The average Bonchev–Trinajstić information content (AvgIpc) is 3.04. The number of carbonyl (C=O) groups is 2. The maximum Gasteiger partial charge on any atom is 0.337 e. The first-order valence-corrected chi connectivity index (χ1v) is 10.5. The summed E-state index contributed by atoms with van der Waals surface area (Å²) < 4.78 is 16.0. The van der Waals surface area contributed by atoms with Gasteiger partial charge in [0.15, 0.2) is 0 Å². The predicted molar refractivity (Wildman–Crippen MR) is 106 cm³/mol. The molecule has 3 saturated heterocycles. The van der Waals surface area contributed by atoms with Crippen LogP contribution in [0.2, 0.25) is 0 Å². The molecule has 29 heavy (non-hydrogen) atoms. The molecular weight excluding hydrogens is 372 g/mol. The van der Waals surface area contributed by atoms with Gasteiger partial charge in [0, 0.05) is 32.6 Å². The molecule has 1 atom stereocenters. The van der Waals surface area contributed by atoms with Crippen LogP contribution in [0.3, 0.4) is 0 Å². The summed E-state index contributed by atoms with van der Waals surface area (Å²) in [6.45, 7) is 6.67. The lowest BCUT2D eigenvalue weighted by atomic mass is 9.76. The number of carbonyl (C=O) groups excluding carboxylic acids is 2. The Morgan fingerprint density at radius 2 is 1.93 bits per heavy atom. The van der Waals surface area contributed by atoms with Crippen LogP contribution in [0.1, 0.15) is 35.2 Å². The molecule has 3 aliphatic rings. The fourth-order valence-electron chi connectivity index (χ4n) is 4.73. The lowest BCUT2D eigenvalue weighted by Crippen LogP contribution is -2.43. The second-order valence-electron chi connectivity index (χ2n) is 8.39. The van der Waals surface area contributed by atoms with E-state index in [4.69, 9.17) is 14.2 Å². The Labute approximate surface area is 171 Å². The monoisotopic (exact) mass is 402 g/mol. The minimum atomic E-state index is -0.318. The number of morpholine rings is 1. The van der Waals surface area contributed by atoms with E-state index in [1.54, 1.807) is 6.07 Å². The summed E-state index contributed by atoms with van der Waals surface area (Å²) >= 11 is 0. The summed E-state index contributed by atoms with van der Waals surface area (Å²) in [7, 11) is 1.39. The van der Waals surface area contributed by atoms with Gasteiger partial charge in [-0.25, -0.2) is 4.79 Å². The first-order chi connectivity index (χ1) is 14.1. The zero-order chi connectivity index (χ0) is 20.3. The van der Waals surface area contributed by atoms with Crippen LogP contribution >= 0.6 is 0 Å². The fourth-order valence-corrected chi connectivity index (χ4v) is 4.73. The summed E-state index contributed by atoms with van der Waals surface area (Å²) in [6.07, 6.45) is 2.50. The van der Waals surface area contributed by atoms with Crippen LogP contribution in [-0.4, -0.2) is 80.9 Å². The standard InChI is InChI=1S/C22H30N2O5/c1-27-20(25)18-4-2-3-17(13-18)15-23-7-5-22(6-8-23)14-19(29-21(22)26)16-24-9-11-28-12-10-24/h2-4,13,19H,5-12,14-16H2,1H3. The molecule has 0 aromatic heterocycles. The molecule has 1 unspecified atom stereocenters. The van der Waals surface area contributed by atoms with Gasteiger partial charge < -0.3 is 14.2 Å². The number of hydrogen-bond acceptors (Lipinski definition) is 7. The van der Waals surface area contributed by atoms with Crippen molar-refractivity contribution in [3.63, 3.8) is 0 Å². The fraction of sp³-hybridized carbons (Fsp3) is 0.636. The van der Waals surface area contributed by atoms with Crippen molar-refractivity contribution in [1.29, 1.82) is 0 Å². The Bertz CT molecular complexity index is 738. The molecule has 1 aromatic carbocycles. The van der Waals surface area contributed by atoms with Gasteiger partial charge in [0.25, 0.3) is 0 Å². The third kappa shape index (κ3) is 4.63. The van der Waals surface area contributed by atoms with Crippen LogP contribution in [0.15, 0.2) is 24.3 Å². The van der Waals surface area contributed by atoms with E-state index in [9.17, 15) is 9.59 Å². The van der Waals surface area contributed by atoms with Crippen LogP contribution < -0.4 is 0 Å². The average molecular weight is 402 g/mol. The van der Waals surface area contributed by atoms with E-state index in [1.807, 2.05) is 18.2 Å². The number of esters is 2.